The summed E-state index contributed by atoms with van der Waals surface area (Å²) < 4.78 is 51.1. The highest BCUT2D eigenvalue weighted by Gasteiger charge is 2.72. The van der Waals surface area contributed by atoms with Crippen LogP contribution in [0.5, 0.6) is 0 Å². The predicted molar refractivity (Wildman–Crippen MR) is 213 cm³/mol. The molecule has 8 N–H and O–H groups in total. The van der Waals surface area contributed by atoms with E-state index >= 15 is 0 Å². The lowest BCUT2D eigenvalue weighted by Crippen LogP contribution is -2.67. The van der Waals surface area contributed by atoms with E-state index in [1.165, 1.54) is 6.92 Å². The highest BCUT2D eigenvalue weighted by atomic mass is 16.8. The molecular formula is C45H70O16. The second kappa shape index (κ2) is 16.0. The Morgan fingerprint density at radius 2 is 1.41 bits per heavy atom. The van der Waals surface area contributed by atoms with E-state index in [1.807, 2.05) is 0 Å². The first-order valence-corrected chi connectivity index (χ1v) is 22.7. The maximum Gasteiger partial charge on any atom is 0.187 e. The minimum atomic E-state index is -1.73. The summed E-state index contributed by atoms with van der Waals surface area (Å²) in [5, 5.41) is 87.0. The zero-order valence-electron chi connectivity index (χ0n) is 36.3. The molecule has 0 aromatic heterocycles. The molecule has 0 radical (unpaired) electrons. The molecular weight excluding hydrogens is 796 g/mol. The topological polar surface area (TPSA) is 236 Å². The molecule has 0 aromatic rings. The molecule has 346 valence electrons. The maximum atomic E-state index is 11.7. The first-order chi connectivity index (χ1) is 28.7. The number of ether oxygens (including phenoxy) is 8. The molecule has 0 bridgehead atoms. The summed E-state index contributed by atoms with van der Waals surface area (Å²) in [6.07, 6.45) is -12.7. The van der Waals surface area contributed by atoms with Gasteiger partial charge in [0.2, 0.25) is 0 Å². The van der Waals surface area contributed by atoms with Gasteiger partial charge in [-0.1, -0.05) is 51.5 Å². The lowest BCUT2D eigenvalue weighted by molar-refractivity contribution is -0.391. The lowest BCUT2D eigenvalue weighted by atomic mass is 9.41. The Bertz CT molecular complexity index is 1670. The Morgan fingerprint density at radius 1 is 0.721 bits per heavy atom. The highest BCUT2D eigenvalue weighted by Crippen LogP contribution is 2.74. The van der Waals surface area contributed by atoms with Crippen LogP contribution in [0.1, 0.15) is 92.9 Å². The van der Waals surface area contributed by atoms with Crippen molar-refractivity contribution in [3.05, 3.63) is 23.8 Å². The molecule has 5 aliphatic heterocycles. The summed E-state index contributed by atoms with van der Waals surface area (Å²) in [5.41, 5.74) is 1.52. The Kier molecular flexibility index (Phi) is 11.8. The molecule has 3 saturated carbocycles. The van der Waals surface area contributed by atoms with Gasteiger partial charge in [0.1, 0.15) is 54.9 Å². The third kappa shape index (κ3) is 7.00. The SMILES string of the molecule is C=C1CCC2(OC1)OC1CC3C(C)(CCC4C3(C)CC=C3CC(O)CC(OC5OC(C)C(O)C(OC6OCC(O)C(O)C6O)C5OC5OC(C)C(O)C(O)C5O)C34C)C1C2C. The number of hydrogen-bond donors (Lipinski definition) is 8. The van der Waals surface area contributed by atoms with Crippen LogP contribution < -0.4 is 0 Å². The smallest absolute Gasteiger partial charge is 0.187 e. The molecule has 9 rings (SSSR count). The van der Waals surface area contributed by atoms with Crippen molar-refractivity contribution in [1.29, 1.82) is 0 Å². The number of aliphatic hydroxyl groups is 8. The van der Waals surface area contributed by atoms with Gasteiger partial charge < -0.3 is 78.7 Å². The molecule has 9 aliphatic rings. The van der Waals surface area contributed by atoms with Crippen LogP contribution in [0.15, 0.2) is 23.8 Å². The van der Waals surface area contributed by atoms with Crippen molar-refractivity contribution in [3.8, 4) is 0 Å². The van der Waals surface area contributed by atoms with Gasteiger partial charge in [-0.05, 0) is 81.0 Å². The largest absolute Gasteiger partial charge is 0.393 e. The van der Waals surface area contributed by atoms with Gasteiger partial charge in [0.15, 0.2) is 24.7 Å². The summed E-state index contributed by atoms with van der Waals surface area (Å²) in [6, 6.07) is 0. The monoisotopic (exact) mass is 866 g/mol. The van der Waals surface area contributed by atoms with Gasteiger partial charge in [-0.2, -0.15) is 0 Å². The van der Waals surface area contributed by atoms with Crippen molar-refractivity contribution in [2.75, 3.05) is 13.2 Å². The van der Waals surface area contributed by atoms with Crippen LogP contribution in [0, 0.1) is 39.9 Å². The molecule has 25 unspecified atom stereocenters. The van der Waals surface area contributed by atoms with Crippen molar-refractivity contribution in [3.63, 3.8) is 0 Å². The van der Waals surface area contributed by atoms with Crippen LogP contribution in [-0.2, 0) is 37.9 Å². The van der Waals surface area contributed by atoms with Crippen LogP contribution in [-0.4, -0.2) is 164 Å². The number of fused-ring (bicyclic) bond motifs is 7. The van der Waals surface area contributed by atoms with E-state index in [0.29, 0.717) is 24.9 Å². The molecule has 16 heteroatoms. The summed E-state index contributed by atoms with van der Waals surface area (Å²) in [5.74, 6) is 0.481. The van der Waals surface area contributed by atoms with Gasteiger partial charge in [-0.25, -0.2) is 0 Å². The summed E-state index contributed by atoms with van der Waals surface area (Å²) in [6.45, 7) is 16.9. The Morgan fingerprint density at radius 3 is 2.13 bits per heavy atom. The number of hydrogen-bond acceptors (Lipinski definition) is 16. The van der Waals surface area contributed by atoms with Crippen molar-refractivity contribution in [2.45, 2.75) is 203 Å². The third-order valence-electron chi connectivity index (χ3n) is 17.6. The quantitative estimate of drug-likeness (QED) is 0.175. The second-order valence-corrected chi connectivity index (χ2v) is 21.0. The highest BCUT2D eigenvalue weighted by molar-refractivity contribution is 5.31. The molecule has 4 aliphatic carbocycles. The van der Waals surface area contributed by atoms with E-state index in [9.17, 15) is 40.9 Å². The van der Waals surface area contributed by atoms with Crippen LogP contribution in [0.2, 0.25) is 0 Å². The van der Waals surface area contributed by atoms with Gasteiger partial charge >= 0.3 is 0 Å². The van der Waals surface area contributed by atoms with E-state index in [0.717, 1.165) is 49.7 Å². The Hall–Kier alpha value is -1.16. The van der Waals surface area contributed by atoms with E-state index in [4.69, 9.17) is 37.9 Å². The standard InChI is InChI=1S/C45H70O16/c1-19-8-13-45(55-17-19)20(2)30-26(61-45)16-28-42(5)11-9-23-14-24(46)15-29(44(23,7)27(42)10-12-43(28,30)6)58-41-38(60-40-36(53)34(51)31(48)21(3)56-40)37(32(49)22(4)57-41)59-39-35(52)33(50)25(47)18-54-39/h9,20-22,24-41,46-53H,1,8,10-18H2,2-7H3. The van der Waals surface area contributed by atoms with Crippen molar-refractivity contribution < 1.29 is 78.7 Å². The fourth-order valence-electron chi connectivity index (χ4n) is 14.2. The van der Waals surface area contributed by atoms with Crippen LogP contribution in [0.3, 0.4) is 0 Å². The predicted octanol–water partition coefficient (Wildman–Crippen LogP) is 1.16. The first kappa shape index (κ1) is 45.0. The Balaban J connectivity index is 1.02. The molecule has 0 amide bonds. The van der Waals surface area contributed by atoms with E-state index in [2.05, 4.69) is 40.3 Å². The zero-order valence-corrected chi connectivity index (χ0v) is 36.3. The van der Waals surface area contributed by atoms with Crippen molar-refractivity contribution >= 4 is 0 Å². The van der Waals surface area contributed by atoms with Crippen LogP contribution in [0.4, 0.5) is 0 Å². The minimum absolute atomic E-state index is 0.00984. The molecule has 1 spiro atoms. The molecule has 0 aromatic carbocycles. The van der Waals surface area contributed by atoms with Crippen LogP contribution >= 0.6 is 0 Å². The maximum absolute atomic E-state index is 11.7. The molecule has 25 atom stereocenters. The zero-order chi connectivity index (χ0) is 43.7. The fourth-order valence-corrected chi connectivity index (χ4v) is 14.2. The van der Waals surface area contributed by atoms with Crippen molar-refractivity contribution in [1.82, 2.24) is 0 Å². The van der Waals surface area contributed by atoms with E-state index < -0.39 is 109 Å². The normalized spacial score (nSPS) is 58.4. The molecule has 8 fully saturated rings. The molecule has 5 heterocycles. The average Bonchev–Trinajstić information content (AvgIpc) is 3.67. The van der Waals surface area contributed by atoms with E-state index in [1.54, 1.807) is 6.92 Å². The van der Waals surface area contributed by atoms with Gasteiger partial charge in [0, 0.05) is 24.2 Å². The summed E-state index contributed by atoms with van der Waals surface area (Å²) in [7, 11) is 0. The first-order valence-electron chi connectivity index (χ1n) is 22.7. The molecule has 16 nitrogen and oxygen atoms in total. The van der Waals surface area contributed by atoms with E-state index in [-0.39, 0.29) is 41.8 Å². The number of rotatable bonds is 6. The van der Waals surface area contributed by atoms with Gasteiger partial charge in [-0.15, -0.1) is 0 Å². The lowest BCUT2D eigenvalue weighted by Gasteiger charge is -2.65. The average molecular weight is 867 g/mol. The van der Waals surface area contributed by atoms with Gasteiger partial charge in [-0.3, -0.25) is 0 Å². The summed E-state index contributed by atoms with van der Waals surface area (Å²) >= 11 is 0. The number of aliphatic hydroxyl groups excluding tert-OH is 8. The number of allylic oxidation sites excluding steroid dienone is 1. The second-order valence-electron chi connectivity index (χ2n) is 21.0. The molecule has 61 heavy (non-hydrogen) atoms. The summed E-state index contributed by atoms with van der Waals surface area (Å²) in [4.78, 5) is 0. The van der Waals surface area contributed by atoms with Crippen molar-refractivity contribution in [2.24, 2.45) is 39.9 Å². The van der Waals surface area contributed by atoms with Gasteiger partial charge in [0.25, 0.3) is 0 Å². The fraction of sp³-hybridized carbons (Fsp3) is 0.911. The molecule has 5 saturated heterocycles. The third-order valence-corrected chi connectivity index (χ3v) is 17.6. The van der Waals surface area contributed by atoms with Gasteiger partial charge in [0.05, 0.1) is 43.7 Å². The Labute approximate surface area is 358 Å². The minimum Gasteiger partial charge on any atom is -0.393 e. The van der Waals surface area contributed by atoms with Crippen LogP contribution in [0.25, 0.3) is 0 Å².